The van der Waals surface area contributed by atoms with Crippen LogP contribution in [0.15, 0.2) is 0 Å². The van der Waals surface area contributed by atoms with E-state index in [9.17, 15) is 0 Å². The molecule has 0 radical (unpaired) electrons. The van der Waals surface area contributed by atoms with E-state index in [4.69, 9.17) is 39.6 Å². The van der Waals surface area contributed by atoms with Gasteiger partial charge in [0, 0.05) is 39.8 Å². The second-order valence-electron chi connectivity index (χ2n) is 4.55. The summed E-state index contributed by atoms with van der Waals surface area (Å²) in [4.78, 5) is 36.0. The zero-order valence-electron chi connectivity index (χ0n) is 15.1. The van der Waals surface area contributed by atoms with Crippen molar-refractivity contribution < 1.29 is 39.6 Å². The van der Waals surface area contributed by atoms with Gasteiger partial charge in [0.05, 0.1) is 0 Å². The fourth-order valence-corrected chi connectivity index (χ4v) is 0.667. The second-order valence-corrected chi connectivity index (χ2v) is 4.55. The molecule has 0 saturated carbocycles. The zero-order valence-corrected chi connectivity index (χ0v) is 15.1. The van der Waals surface area contributed by atoms with Crippen LogP contribution in [0.2, 0.25) is 0 Å². The van der Waals surface area contributed by atoms with Gasteiger partial charge in [-0.25, -0.2) is 0 Å². The molecule has 0 saturated heterocycles. The summed E-state index contributed by atoms with van der Waals surface area (Å²) in [5, 5.41) is 33.0. The summed E-state index contributed by atoms with van der Waals surface area (Å²) in [5.41, 5.74) is 0. The van der Waals surface area contributed by atoms with Crippen LogP contribution in [0.25, 0.3) is 0 Å². The van der Waals surface area contributed by atoms with E-state index >= 15 is 0 Å². The van der Waals surface area contributed by atoms with Gasteiger partial charge in [-0.3, -0.25) is 19.2 Å². The van der Waals surface area contributed by atoms with Gasteiger partial charge in [0.1, 0.15) is 0 Å². The smallest absolute Gasteiger partial charge is 0.300 e. The molecule has 0 amide bonds. The normalized spacial score (nSPS) is 7.74. The zero-order chi connectivity index (χ0) is 20.2. The minimum absolute atomic E-state index is 0.625. The highest BCUT2D eigenvalue weighted by Crippen LogP contribution is 1.80. The summed E-state index contributed by atoms with van der Waals surface area (Å²) in [7, 11) is 0. The molecule has 0 unspecified atom stereocenters. The van der Waals surface area contributed by atoms with Gasteiger partial charge in [-0.05, 0) is 0 Å². The standard InChI is InChI=1S/C6H15N.4C2H4O2/c1-5(2)7-6(3)4;4*1-2(3)4/h5-7H,1-4H3;4*1H3,(H,3,4). The number of nitrogens with one attached hydrogen (secondary N) is 1. The molecule has 0 bridgehead atoms. The maximum absolute atomic E-state index is 9.00. The van der Waals surface area contributed by atoms with Crippen molar-refractivity contribution in [3.63, 3.8) is 0 Å². The van der Waals surface area contributed by atoms with Crippen molar-refractivity contribution in [3.05, 3.63) is 0 Å². The second kappa shape index (κ2) is 24.8. The van der Waals surface area contributed by atoms with Gasteiger partial charge in [-0.1, -0.05) is 27.7 Å². The molecular formula is C14H31NO8. The van der Waals surface area contributed by atoms with E-state index < -0.39 is 23.9 Å². The molecule has 0 aliphatic carbocycles. The quantitative estimate of drug-likeness (QED) is 0.503. The number of carbonyl (C=O) groups is 4. The van der Waals surface area contributed by atoms with Crippen molar-refractivity contribution in [1.29, 1.82) is 0 Å². The summed E-state index contributed by atoms with van der Waals surface area (Å²) in [6.45, 7) is 12.9. The third-order valence-corrected chi connectivity index (χ3v) is 0.667. The summed E-state index contributed by atoms with van der Waals surface area (Å²) in [6, 6.07) is 1.25. The summed E-state index contributed by atoms with van der Waals surface area (Å²) in [5.74, 6) is -3.33. The third-order valence-electron chi connectivity index (χ3n) is 0.667. The molecule has 0 aliphatic heterocycles. The van der Waals surface area contributed by atoms with Crippen LogP contribution in [-0.4, -0.2) is 56.4 Å². The first kappa shape index (κ1) is 32.7. The molecule has 0 rings (SSSR count). The van der Waals surface area contributed by atoms with Crippen molar-refractivity contribution in [2.24, 2.45) is 0 Å². The molecule has 0 aromatic carbocycles. The lowest BCUT2D eigenvalue weighted by atomic mass is 10.3. The molecular weight excluding hydrogens is 310 g/mol. The van der Waals surface area contributed by atoms with E-state index in [0.717, 1.165) is 27.7 Å². The third kappa shape index (κ3) is 1870. The molecule has 5 N–H and O–H groups in total. The van der Waals surface area contributed by atoms with Gasteiger partial charge in [0.2, 0.25) is 0 Å². The average molecular weight is 341 g/mol. The lowest BCUT2D eigenvalue weighted by Gasteiger charge is -2.10. The van der Waals surface area contributed by atoms with Gasteiger partial charge in [-0.15, -0.1) is 0 Å². The molecule has 23 heavy (non-hydrogen) atoms. The fraction of sp³-hybridized carbons (Fsp3) is 0.714. The Balaban J connectivity index is -0.0000000604. The Hall–Kier alpha value is -2.16. The van der Waals surface area contributed by atoms with Crippen LogP contribution >= 0.6 is 0 Å². The number of hydrogen-bond acceptors (Lipinski definition) is 5. The summed E-state index contributed by atoms with van der Waals surface area (Å²) >= 11 is 0. The number of carboxylic acids is 4. The molecule has 9 heteroatoms. The summed E-state index contributed by atoms with van der Waals surface area (Å²) in [6.07, 6.45) is 0. The minimum atomic E-state index is -0.833. The Morgan fingerprint density at radius 3 is 0.652 bits per heavy atom. The Labute approximate surface area is 137 Å². The van der Waals surface area contributed by atoms with Gasteiger partial charge < -0.3 is 25.7 Å². The topological polar surface area (TPSA) is 161 Å². The lowest BCUT2D eigenvalue weighted by molar-refractivity contribution is -0.135. The van der Waals surface area contributed by atoms with E-state index in [1.807, 2.05) is 0 Å². The monoisotopic (exact) mass is 341 g/mol. The van der Waals surface area contributed by atoms with Crippen LogP contribution in [0, 0.1) is 0 Å². The highest BCUT2D eigenvalue weighted by atomic mass is 16.4. The Bertz CT molecular complexity index is 244. The average Bonchev–Trinajstić information content (AvgIpc) is 2.09. The number of hydrogen-bond donors (Lipinski definition) is 5. The molecule has 9 nitrogen and oxygen atoms in total. The van der Waals surface area contributed by atoms with E-state index in [2.05, 4.69) is 33.0 Å². The fourth-order valence-electron chi connectivity index (χ4n) is 0.667. The Morgan fingerprint density at radius 2 is 0.652 bits per heavy atom. The largest absolute Gasteiger partial charge is 0.481 e. The minimum Gasteiger partial charge on any atom is -0.481 e. The predicted molar refractivity (Wildman–Crippen MR) is 86.6 cm³/mol. The van der Waals surface area contributed by atoms with Crippen LogP contribution < -0.4 is 5.32 Å². The molecule has 0 spiro atoms. The van der Waals surface area contributed by atoms with E-state index in [1.54, 1.807) is 0 Å². The van der Waals surface area contributed by atoms with Crippen molar-refractivity contribution >= 4 is 23.9 Å². The molecule has 0 aliphatic rings. The molecule has 0 aromatic rings. The SMILES string of the molecule is CC(=O)O.CC(=O)O.CC(=O)O.CC(=O)O.CC(C)NC(C)C. The van der Waals surface area contributed by atoms with Crippen LogP contribution in [0.3, 0.4) is 0 Å². The molecule has 0 atom stereocenters. The van der Waals surface area contributed by atoms with Crippen LogP contribution in [0.5, 0.6) is 0 Å². The van der Waals surface area contributed by atoms with E-state index in [1.165, 1.54) is 0 Å². The first-order valence-electron chi connectivity index (χ1n) is 6.60. The van der Waals surface area contributed by atoms with E-state index in [-0.39, 0.29) is 0 Å². The maximum Gasteiger partial charge on any atom is 0.300 e. The van der Waals surface area contributed by atoms with Gasteiger partial charge >= 0.3 is 0 Å². The maximum atomic E-state index is 9.00. The van der Waals surface area contributed by atoms with Crippen molar-refractivity contribution in [2.75, 3.05) is 0 Å². The molecule has 0 fully saturated rings. The molecule has 0 aromatic heterocycles. The highest BCUT2D eigenvalue weighted by Gasteiger charge is 1.92. The van der Waals surface area contributed by atoms with Crippen molar-refractivity contribution in [3.8, 4) is 0 Å². The van der Waals surface area contributed by atoms with Crippen LogP contribution in [0.4, 0.5) is 0 Å². The van der Waals surface area contributed by atoms with Crippen molar-refractivity contribution in [1.82, 2.24) is 5.32 Å². The number of aliphatic carboxylic acids is 4. The highest BCUT2D eigenvalue weighted by molar-refractivity contribution is 5.63. The van der Waals surface area contributed by atoms with E-state index in [0.29, 0.717) is 12.1 Å². The first-order valence-corrected chi connectivity index (χ1v) is 6.60. The predicted octanol–water partition coefficient (Wildman–Crippen LogP) is 1.76. The number of carboxylic acid groups (broad SMARTS) is 4. The Morgan fingerprint density at radius 1 is 0.565 bits per heavy atom. The molecule has 140 valence electrons. The van der Waals surface area contributed by atoms with Crippen LogP contribution in [-0.2, 0) is 19.2 Å². The number of rotatable bonds is 2. The van der Waals surface area contributed by atoms with Gasteiger partial charge in [0.15, 0.2) is 0 Å². The lowest BCUT2D eigenvalue weighted by Crippen LogP contribution is -2.29. The van der Waals surface area contributed by atoms with Crippen LogP contribution in [0.1, 0.15) is 55.4 Å². The molecule has 0 heterocycles. The first-order chi connectivity index (χ1) is 10.1. The van der Waals surface area contributed by atoms with Gasteiger partial charge in [-0.2, -0.15) is 0 Å². The van der Waals surface area contributed by atoms with Gasteiger partial charge in [0.25, 0.3) is 23.9 Å². The Kier molecular flexibility index (Phi) is 35.3. The summed E-state index contributed by atoms with van der Waals surface area (Å²) < 4.78 is 0. The van der Waals surface area contributed by atoms with Crippen molar-refractivity contribution in [2.45, 2.75) is 67.5 Å².